The molecule has 0 saturated carbocycles. The lowest BCUT2D eigenvalue weighted by Gasteiger charge is -2.12. The molecule has 0 saturated heterocycles. The van der Waals surface area contributed by atoms with Crippen LogP contribution in [0.2, 0.25) is 0 Å². The molecule has 124 valence electrons. The Morgan fingerprint density at radius 2 is 1.68 bits per heavy atom. The molecule has 0 aliphatic carbocycles. The number of fused-ring (bicyclic) bond motifs is 1. The summed E-state index contributed by atoms with van der Waals surface area (Å²) in [6.45, 7) is 0. The van der Waals surface area contributed by atoms with Crippen molar-refractivity contribution >= 4 is 11.0 Å². The van der Waals surface area contributed by atoms with E-state index in [-0.39, 0.29) is 11.5 Å². The molecular formula is C18H14N4O3. The van der Waals surface area contributed by atoms with Gasteiger partial charge in [0.2, 0.25) is 0 Å². The Kier molecular flexibility index (Phi) is 3.55. The molecule has 0 bridgehead atoms. The van der Waals surface area contributed by atoms with Crippen LogP contribution in [0, 0.1) is 0 Å². The fourth-order valence-electron chi connectivity index (χ4n) is 2.83. The number of aliphatic hydroxyl groups is 1. The smallest absolute Gasteiger partial charge is 0.164 e. The number of aromatic hydroxyl groups is 2. The quantitative estimate of drug-likeness (QED) is 0.457. The summed E-state index contributed by atoms with van der Waals surface area (Å²) < 4.78 is 0. The maximum atomic E-state index is 10.8. The first-order valence-electron chi connectivity index (χ1n) is 7.61. The largest absolute Gasteiger partial charge is 0.508 e. The zero-order chi connectivity index (χ0) is 17.4. The third-order valence-corrected chi connectivity index (χ3v) is 4.08. The van der Waals surface area contributed by atoms with E-state index in [0.717, 1.165) is 0 Å². The van der Waals surface area contributed by atoms with Gasteiger partial charge in [-0.15, -0.1) is 10.2 Å². The Bertz CT molecular complexity index is 1040. The number of nitrogens with one attached hydrogen (secondary N) is 1. The topological polar surface area (TPSA) is 115 Å². The number of benzene rings is 2. The highest BCUT2D eigenvalue weighted by Gasteiger charge is 2.21. The predicted octanol–water partition coefficient (Wildman–Crippen LogP) is 2.51. The minimum atomic E-state index is -0.954. The van der Waals surface area contributed by atoms with Crippen molar-refractivity contribution < 1.29 is 15.3 Å². The van der Waals surface area contributed by atoms with Crippen LogP contribution in [-0.4, -0.2) is 35.7 Å². The Balaban J connectivity index is 1.91. The highest BCUT2D eigenvalue weighted by Crippen LogP contribution is 2.36. The number of hydrogen-bond acceptors (Lipinski definition) is 6. The van der Waals surface area contributed by atoms with Crippen LogP contribution in [-0.2, 0) is 0 Å². The lowest BCUT2D eigenvalue weighted by Crippen LogP contribution is -2.01. The number of aromatic amines is 1. The van der Waals surface area contributed by atoms with Crippen molar-refractivity contribution in [2.75, 3.05) is 0 Å². The first-order valence-corrected chi connectivity index (χ1v) is 7.61. The Labute approximate surface area is 142 Å². The molecule has 2 aromatic heterocycles. The second-order valence-electron chi connectivity index (χ2n) is 5.62. The lowest BCUT2D eigenvalue weighted by molar-refractivity contribution is 0.222. The second-order valence-corrected chi connectivity index (χ2v) is 5.62. The summed E-state index contributed by atoms with van der Waals surface area (Å²) in [5, 5.41) is 42.7. The van der Waals surface area contributed by atoms with Gasteiger partial charge < -0.3 is 20.3 Å². The normalized spacial score (nSPS) is 12.4. The van der Waals surface area contributed by atoms with Gasteiger partial charge in [-0.1, -0.05) is 24.3 Å². The number of aliphatic hydroxyl groups excluding tert-OH is 1. The van der Waals surface area contributed by atoms with E-state index in [2.05, 4.69) is 20.4 Å². The van der Waals surface area contributed by atoms with E-state index in [4.69, 9.17) is 0 Å². The molecule has 0 radical (unpaired) electrons. The van der Waals surface area contributed by atoms with Crippen molar-refractivity contribution in [3.8, 4) is 22.8 Å². The fourth-order valence-corrected chi connectivity index (χ4v) is 2.83. The molecule has 4 rings (SSSR count). The molecule has 0 fully saturated rings. The molecule has 0 spiro atoms. The highest BCUT2D eigenvalue weighted by atomic mass is 16.3. The summed E-state index contributed by atoms with van der Waals surface area (Å²) in [6.07, 6.45) is 0.687. The van der Waals surface area contributed by atoms with Gasteiger partial charge >= 0.3 is 0 Å². The van der Waals surface area contributed by atoms with Crippen molar-refractivity contribution in [3.05, 3.63) is 65.9 Å². The minimum absolute atomic E-state index is 0.0653. The number of aromatic nitrogens is 4. The molecule has 0 aliphatic rings. The molecule has 4 aromatic rings. The molecule has 0 aliphatic heterocycles. The molecule has 4 N–H and O–H groups in total. The van der Waals surface area contributed by atoms with E-state index in [0.29, 0.717) is 33.4 Å². The van der Waals surface area contributed by atoms with Gasteiger partial charge in [0.05, 0.1) is 5.39 Å². The van der Waals surface area contributed by atoms with Crippen molar-refractivity contribution in [2.45, 2.75) is 6.10 Å². The number of phenols is 2. The summed E-state index contributed by atoms with van der Waals surface area (Å²) >= 11 is 0. The van der Waals surface area contributed by atoms with Crippen LogP contribution < -0.4 is 0 Å². The second kappa shape index (κ2) is 5.88. The minimum Gasteiger partial charge on any atom is -0.508 e. The average molecular weight is 334 g/mol. The van der Waals surface area contributed by atoms with Gasteiger partial charge in [0.15, 0.2) is 5.65 Å². The van der Waals surface area contributed by atoms with Crippen LogP contribution in [0.25, 0.3) is 22.3 Å². The van der Waals surface area contributed by atoms with Gasteiger partial charge in [-0.25, -0.2) is 0 Å². The molecule has 1 unspecified atom stereocenters. The predicted molar refractivity (Wildman–Crippen MR) is 91.0 cm³/mol. The van der Waals surface area contributed by atoms with Crippen molar-refractivity contribution in [2.24, 2.45) is 0 Å². The van der Waals surface area contributed by atoms with Gasteiger partial charge in [0.1, 0.15) is 23.3 Å². The molecule has 2 aromatic carbocycles. The van der Waals surface area contributed by atoms with Crippen LogP contribution in [0.3, 0.4) is 0 Å². The highest BCUT2D eigenvalue weighted by molar-refractivity contribution is 5.94. The monoisotopic (exact) mass is 334 g/mol. The van der Waals surface area contributed by atoms with E-state index < -0.39 is 6.10 Å². The van der Waals surface area contributed by atoms with E-state index in [1.165, 1.54) is 12.1 Å². The van der Waals surface area contributed by atoms with Crippen LogP contribution in [0.5, 0.6) is 11.5 Å². The summed E-state index contributed by atoms with van der Waals surface area (Å²) in [5.41, 5.74) is 2.56. The molecule has 0 amide bonds. The Morgan fingerprint density at radius 1 is 0.920 bits per heavy atom. The third kappa shape index (κ3) is 2.56. The number of rotatable bonds is 3. The maximum absolute atomic E-state index is 10.8. The van der Waals surface area contributed by atoms with Gasteiger partial charge in [0, 0.05) is 17.3 Å². The summed E-state index contributed by atoms with van der Waals surface area (Å²) in [7, 11) is 0. The Hall–Kier alpha value is -3.45. The maximum Gasteiger partial charge on any atom is 0.164 e. The zero-order valence-corrected chi connectivity index (χ0v) is 13.0. The zero-order valence-electron chi connectivity index (χ0n) is 13.0. The number of para-hydroxylation sites is 1. The van der Waals surface area contributed by atoms with Crippen LogP contribution >= 0.6 is 0 Å². The molecule has 7 nitrogen and oxygen atoms in total. The van der Waals surface area contributed by atoms with Crippen LogP contribution in [0.4, 0.5) is 0 Å². The molecular weight excluding hydrogens is 320 g/mol. The first kappa shape index (κ1) is 15.1. The average Bonchev–Trinajstić information content (AvgIpc) is 3.06. The van der Waals surface area contributed by atoms with E-state index in [9.17, 15) is 15.3 Å². The van der Waals surface area contributed by atoms with Gasteiger partial charge in [-0.3, -0.25) is 0 Å². The SMILES string of the molecule is Oc1ccc(C(O)c2c[nH]c3nnnc(-c4ccccc4O)c23)cc1. The molecule has 7 heteroatoms. The number of hydrogen-bond donors (Lipinski definition) is 4. The van der Waals surface area contributed by atoms with Crippen molar-refractivity contribution in [3.63, 3.8) is 0 Å². The first-order chi connectivity index (χ1) is 12.1. The van der Waals surface area contributed by atoms with E-state index in [1.807, 2.05) is 0 Å². The third-order valence-electron chi connectivity index (χ3n) is 4.08. The summed E-state index contributed by atoms with van der Waals surface area (Å²) in [4.78, 5) is 2.98. The molecule has 2 heterocycles. The lowest BCUT2D eigenvalue weighted by atomic mass is 9.98. The van der Waals surface area contributed by atoms with Gasteiger partial charge in [-0.05, 0) is 35.0 Å². The van der Waals surface area contributed by atoms with Crippen molar-refractivity contribution in [1.82, 2.24) is 20.4 Å². The fraction of sp³-hybridized carbons (Fsp3) is 0.0556. The van der Waals surface area contributed by atoms with Crippen molar-refractivity contribution in [1.29, 1.82) is 0 Å². The van der Waals surface area contributed by atoms with Gasteiger partial charge in [-0.2, -0.15) is 0 Å². The van der Waals surface area contributed by atoms with Crippen LogP contribution in [0.15, 0.2) is 54.7 Å². The summed E-state index contributed by atoms with van der Waals surface area (Å²) in [5.74, 6) is 0.188. The molecule has 1 atom stereocenters. The van der Waals surface area contributed by atoms with Crippen LogP contribution in [0.1, 0.15) is 17.2 Å². The van der Waals surface area contributed by atoms with E-state index in [1.54, 1.807) is 42.6 Å². The standard InChI is InChI=1S/C18H14N4O3/c23-11-7-5-10(6-8-11)17(25)13-9-19-18-15(13)16(20-22-21-18)12-3-1-2-4-14(12)24/h1-9,17,23-25H,(H,19,20,21). The summed E-state index contributed by atoms with van der Waals surface area (Å²) in [6, 6.07) is 13.1. The number of phenolic OH excluding ortho intramolecular Hbond substituents is 2. The van der Waals surface area contributed by atoms with E-state index >= 15 is 0 Å². The van der Waals surface area contributed by atoms with Gasteiger partial charge in [0.25, 0.3) is 0 Å². The Morgan fingerprint density at radius 3 is 2.44 bits per heavy atom. The number of H-pyrrole nitrogens is 1. The molecule has 25 heavy (non-hydrogen) atoms. The number of nitrogens with zero attached hydrogens (tertiary/aromatic N) is 3.